The molecule has 132 valence electrons. The van der Waals surface area contributed by atoms with Crippen LogP contribution in [0.4, 0.5) is 10.2 Å². The summed E-state index contributed by atoms with van der Waals surface area (Å²) in [5, 5.41) is 11.3. The van der Waals surface area contributed by atoms with E-state index in [0.29, 0.717) is 11.7 Å². The van der Waals surface area contributed by atoms with Crippen molar-refractivity contribution in [2.45, 2.75) is 25.8 Å². The van der Waals surface area contributed by atoms with E-state index < -0.39 is 0 Å². The van der Waals surface area contributed by atoms with Crippen LogP contribution < -0.4 is 10.2 Å². The van der Waals surface area contributed by atoms with E-state index in [2.05, 4.69) is 15.5 Å². The van der Waals surface area contributed by atoms with Gasteiger partial charge in [-0.2, -0.15) is 0 Å². The van der Waals surface area contributed by atoms with Crippen LogP contribution in [0.2, 0.25) is 5.15 Å². The Hall–Kier alpha value is -2.21. The summed E-state index contributed by atoms with van der Waals surface area (Å²) in [5.41, 5.74) is 0.754. The number of hydrogen-bond acceptors (Lipinski definition) is 4. The van der Waals surface area contributed by atoms with Crippen LogP contribution in [-0.4, -0.2) is 29.2 Å². The van der Waals surface area contributed by atoms with E-state index in [1.807, 2.05) is 24.0 Å². The highest BCUT2D eigenvalue weighted by Gasteiger charge is 2.27. The molecule has 1 aliphatic rings. The summed E-state index contributed by atoms with van der Waals surface area (Å²) in [6.07, 6.45) is 1.72. The quantitative estimate of drug-likeness (QED) is 0.906. The van der Waals surface area contributed by atoms with Gasteiger partial charge in [-0.15, -0.1) is 10.2 Å². The molecule has 1 amide bonds. The fourth-order valence-corrected chi connectivity index (χ4v) is 3.17. The van der Waals surface area contributed by atoms with E-state index in [-0.39, 0.29) is 23.7 Å². The van der Waals surface area contributed by atoms with Gasteiger partial charge in [0, 0.05) is 13.1 Å². The largest absolute Gasteiger partial charge is 0.354 e. The van der Waals surface area contributed by atoms with E-state index >= 15 is 0 Å². The minimum Gasteiger partial charge on any atom is -0.354 e. The van der Waals surface area contributed by atoms with E-state index in [9.17, 15) is 9.18 Å². The number of piperidine rings is 1. The Morgan fingerprint density at radius 3 is 2.92 bits per heavy atom. The van der Waals surface area contributed by atoms with Crippen molar-refractivity contribution >= 4 is 23.3 Å². The van der Waals surface area contributed by atoms with Crippen LogP contribution in [0.5, 0.6) is 0 Å². The Kier molecular flexibility index (Phi) is 5.48. The molecule has 1 saturated heterocycles. The number of aromatic nitrogens is 2. The molecule has 0 bridgehead atoms. The number of carbonyl (C=O) groups excluding carboxylic acids is 1. The van der Waals surface area contributed by atoms with Crippen LogP contribution in [0.25, 0.3) is 0 Å². The predicted octanol–water partition coefficient (Wildman–Crippen LogP) is 3.36. The van der Waals surface area contributed by atoms with Gasteiger partial charge >= 0.3 is 0 Å². The van der Waals surface area contributed by atoms with Gasteiger partial charge < -0.3 is 10.2 Å². The number of nitrogens with zero attached hydrogens (tertiary/aromatic N) is 3. The maximum Gasteiger partial charge on any atom is 0.225 e. The van der Waals surface area contributed by atoms with Crippen LogP contribution in [0.15, 0.2) is 36.4 Å². The summed E-state index contributed by atoms with van der Waals surface area (Å²) >= 11 is 5.77. The molecule has 2 aromatic rings. The third-order valence-electron chi connectivity index (χ3n) is 4.44. The minimum absolute atomic E-state index is 0.0246. The van der Waals surface area contributed by atoms with Gasteiger partial charge in [0.25, 0.3) is 0 Å². The zero-order valence-electron chi connectivity index (χ0n) is 14.0. The lowest BCUT2D eigenvalue weighted by Crippen LogP contribution is -2.44. The van der Waals surface area contributed by atoms with Gasteiger partial charge in [0.2, 0.25) is 5.91 Å². The van der Waals surface area contributed by atoms with E-state index in [1.54, 1.807) is 12.1 Å². The van der Waals surface area contributed by atoms with Crippen molar-refractivity contribution in [3.8, 4) is 0 Å². The van der Waals surface area contributed by atoms with Crippen molar-refractivity contribution in [3.63, 3.8) is 0 Å². The second kappa shape index (κ2) is 7.78. The minimum atomic E-state index is -0.302. The molecule has 3 rings (SSSR count). The van der Waals surface area contributed by atoms with Gasteiger partial charge in [-0.05, 0) is 49.6 Å². The monoisotopic (exact) mass is 362 g/mol. The van der Waals surface area contributed by atoms with Crippen molar-refractivity contribution in [3.05, 3.63) is 52.9 Å². The van der Waals surface area contributed by atoms with Gasteiger partial charge in [0.05, 0.1) is 12.0 Å². The number of hydrogen-bond donors (Lipinski definition) is 1. The number of amides is 1. The molecule has 0 aliphatic carbocycles. The molecule has 0 spiro atoms. The first-order valence-electron chi connectivity index (χ1n) is 8.33. The Bertz CT molecular complexity index is 740. The number of nitrogens with one attached hydrogen (secondary N) is 1. The first-order chi connectivity index (χ1) is 12.0. The van der Waals surface area contributed by atoms with Crippen LogP contribution >= 0.6 is 11.6 Å². The van der Waals surface area contributed by atoms with Gasteiger partial charge in [-0.1, -0.05) is 23.7 Å². The Morgan fingerprint density at radius 1 is 1.36 bits per heavy atom. The first-order valence-corrected chi connectivity index (χ1v) is 8.71. The SMILES string of the molecule is CC(NC(=O)C1CCCN(c2ccc(Cl)nn2)C1)c1cccc(F)c1. The number of carbonyl (C=O) groups is 1. The molecule has 25 heavy (non-hydrogen) atoms. The first kappa shape index (κ1) is 17.6. The second-order valence-electron chi connectivity index (χ2n) is 6.28. The summed E-state index contributed by atoms with van der Waals surface area (Å²) < 4.78 is 13.3. The molecule has 1 aromatic carbocycles. The summed E-state index contributed by atoms with van der Waals surface area (Å²) in [5.74, 6) is 0.259. The Labute approximate surface area is 151 Å². The average molecular weight is 363 g/mol. The molecule has 0 radical (unpaired) electrons. The molecule has 0 saturated carbocycles. The number of halogens is 2. The summed E-state index contributed by atoms with van der Waals surface area (Å²) in [6, 6.07) is 9.56. The zero-order chi connectivity index (χ0) is 17.8. The summed E-state index contributed by atoms with van der Waals surface area (Å²) in [6.45, 7) is 3.27. The molecule has 2 atom stereocenters. The Morgan fingerprint density at radius 2 is 2.20 bits per heavy atom. The lowest BCUT2D eigenvalue weighted by atomic mass is 9.96. The predicted molar refractivity (Wildman–Crippen MR) is 94.9 cm³/mol. The molecule has 1 fully saturated rings. The highest BCUT2D eigenvalue weighted by Crippen LogP contribution is 2.23. The summed E-state index contributed by atoms with van der Waals surface area (Å²) in [7, 11) is 0. The van der Waals surface area contributed by atoms with Gasteiger partial charge in [0.1, 0.15) is 5.82 Å². The molecule has 2 heterocycles. The lowest BCUT2D eigenvalue weighted by Gasteiger charge is -2.33. The Balaban J connectivity index is 1.62. The highest BCUT2D eigenvalue weighted by molar-refractivity contribution is 6.29. The normalized spacial score (nSPS) is 18.7. The molecule has 2 unspecified atom stereocenters. The molecular weight excluding hydrogens is 343 g/mol. The van der Waals surface area contributed by atoms with E-state index in [4.69, 9.17) is 11.6 Å². The van der Waals surface area contributed by atoms with Gasteiger partial charge in [-0.3, -0.25) is 4.79 Å². The van der Waals surface area contributed by atoms with Crippen LogP contribution in [0.3, 0.4) is 0 Å². The molecule has 7 heteroatoms. The third kappa shape index (κ3) is 4.45. The lowest BCUT2D eigenvalue weighted by molar-refractivity contribution is -0.125. The van der Waals surface area contributed by atoms with Crippen molar-refractivity contribution in [1.29, 1.82) is 0 Å². The number of benzene rings is 1. The standard InChI is InChI=1S/C18H20ClFN4O/c1-12(13-4-2-6-15(20)10-13)21-18(25)14-5-3-9-24(11-14)17-8-7-16(19)22-23-17/h2,4,6-8,10,12,14H,3,5,9,11H2,1H3,(H,21,25). The van der Waals surface area contributed by atoms with E-state index in [1.165, 1.54) is 12.1 Å². The van der Waals surface area contributed by atoms with E-state index in [0.717, 1.165) is 30.8 Å². The van der Waals surface area contributed by atoms with Gasteiger partial charge in [-0.25, -0.2) is 4.39 Å². The summed E-state index contributed by atoms with van der Waals surface area (Å²) in [4.78, 5) is 14.7. The molecular formula is C18H20ClFN4O. The number of rotatable bonds is 4. The van der Waals surface area contributed by atoms with Crippen molar-refractivity contribution in [2.75, 3.05) is 18.0 Å². The second-order valence-corrected chi connectivity index (χ2v) is 6.67. The topological polar surface area (TPSA) is 58.1 Å². The fraction of sp³-hybridized carbons (Fsp3) is 0.389. The fourth-order valence-electron chi connectivity index (χ4n) is 3.07. The molecule has 1 aliphatic heterocycles. The van der Waals surface area contributed by atoms with Crippen LogP contribution in [-0.2, 0) is 4.79 Å². The van der Waals surface area contributed by atoms with Gasteiger partial charge in [0.15, 0.2) is 11.0 Å². The molecule has 1 aromatic heterocycles. The van der Waals surface area contributed by atoms with Crippen LogP contribution in [0.1, 0.15) is 31.4 Å². The maximum atomic E-state index is 13.3. The smallest absolute Gasteiger partial charge is 0.225 e. The van der Waals surface area contributed by atoms with Crippen LogP contribution in [0, 0.1) is 11.7 Å². The highest BCUT2D eigenvalue weighted by atomic mass is 35.5. The van der Waals surface area contributed by atoms with Crippen molar-refractivity contribution in [1.82, 2.24) is 15.5 Å². The van der Waals surface area contributed by atoms with Crippen molar-refractivity contribution < 1.29 is 9.18 Å². The number of anilines is 1. The third-order valence-corrected chi connectivity index (χ3v) is 4.64. The average Bonchev–Trinajstić information content (AvgIpc) is 2.62. The molecule has 5 nitrogen and oxygen atoms in total. The molecule has 1 N–H and O–H groups in total. The van der Waals surface area contributed by atoms with Crippen molar-refractivity contribution in [2.24, 2.45) is 5.92 Å². The zero-order valence-corrected chi connectivity index (χ0v) is 14.7. The maximum absolute atomic E-state index is 13.3.